The van der Waals surface area contributed by atoms with Crippen LogP contribution in [0.15, 0.2) is 54.9 Å². The first-order valence-corrected chi connectivity index (χ1v) is 12.8. The number of urea groups is 1. The molecule has 3 aromatic rings. The lowest BCUT2D eigenvalue weighted by molar-refractivity contribution is 0.243. The number of nitrogens with one attached hydrogen (secondary N) is 2. The number of piperidine rings is 1. The molecule has 0 bridgehead atoms. The van der Waals surface area contributed by atoms with E-state index in [1.165, 1.54) is 6.20 Å². The molecule has 10 nitrogen and oxygen atoms in total. The smallest absolute Gasteiger partial charge is 0.319 e. The fourth-order valence-corrected chi connectivity index (χ4v) is 4.87. The molecule has 4 rings (SSSR count). The van der Waals surface area contributed by atoms with E-state index in [1.807, 2.05) is 17.0 Å². The van der Waals surface area contributed by atoms with Crippen LogP contribution in [0, 0.1) is 0 Å². The average Bonchev–Trinajstić information content (AvgIpc) is 3.32. The van der Waals surface area contributed by atoms with Crippen molar-refractivity contribution in [3.8, 4) is 5.75 Å². The largest absolute Gasteiger partial charge is 0.495 e. The number of rotatable bonds is 6. The molecule has 180 valence electrons. The molecule has 1 saturated heterocycles. The minimum atomic E-state index is -3.56. The Labute approximate surface area is 202 Å². The number of pyridine rings is 1. The number of halogens is 1. The summed E-state index contributed by atoms with van der Waals surface area (Å²) in [4.78, 5) is 19.2. The van der Waals surface area contributed by atoms with E-state index in [2.05, 4.69) is 20.7 Å². The number of hydrogen-bond acceptors (Lipinski definition) is 7. The molecular formula is C22H25ClN6O4S. The Balaban J connectivity index is 1.56. The quantitative estimate of drug-likeness (QED) is 0.529. The molecule has 0 spiro atoms. The summed E-state index contributed by atoms with van der Waals surface area (Å²) >= 11 is 5.91. The molecule has 0 saturated carbocycles. The number of aromatic nitrogens is 3. The second-order valence-electron chi connectivity index (χ2n) is 7.97. The van der Waals surface area contributed by atoms with E-state index in [1.54, 1.807) is 43.6 Å². The Bertz CT molecular complexity index is 1250. The first-order chi connectivity index (χ1) is 16.2. The lowest BCUT2D eigenvalue weighted by Gasteiger charge is -2.39. The molecule has 2 atom stereocenters. The number of ether oxygens (including phenoxy) is 1. The number of methoxy groups -OCH3 is 1. The zero-order chi connectivity index (χ0) is 24.3. The van der Waals surface area contributed by atoms with E-state index >= 15 is 0 Å². The van der Waals surface area contributed by atoms with Crippen molar-refractivity contribution in [3.05, 3.63) is 65.6 Å². The van der Waals surface area contributed by atoms with Crippen LogP contribution >= 0.6 is 11.6 Å². The lowest BCUT2D eigenvalue weighted by Crippen LogP contribution is -2.51. The maximum Gasteiger partial charge on any atom is 0.319 e. The second-order valence-corrected chi connectivity index (χ2v) is 10.2. The Hall–Kier alpha value is -3.31. The van der Waals surface area contributed by atoms with Crippen molar-refractivity contribution in [1.29, 1.82) is 0 Å². The van der Waals surface area contributed by atoms with E-state index in [-0.39, 0.29) is 18.0 Å². The van der Waals surface area contributed by atoms with Gasteiger partial charge in [0.25, 0.3) is 10.0 Å². The van der Waals surface area contributed by atoms with Crippen molar-refractivity contribution < 1.29 is 17.9 Å². The van der Waals surface area contributed by atoms with Gasteiger partial charge in [-0.1, -0.05) is 11.6 Å². The second kappa shape index (κ2) is 9.90. The van der Waals surface area contributed by atoms with Crippen LogP contribution in [0.25, 0.3) is 0 Å². The Morgan fingerprint density at radius 1 is 1.18 bits per heavy atom. The molecule has 1 aliphatic heterocycles. The molecular weight excluding hydrogens is 480 g/mol. The number of carbonyl (C=O) groups is 1. The lowest BCUT2D eigenvalue weighted by atomic mass is 9.89. The number of benzene rings is 1. The van der Waals surface area contributed by atoms with Crippen LogP contribution in [0.1, 0.15) is 18.0 Å². The zero-order valence-corrected chi connectivity index (χ0v) is 20.3. The van der Waals surface area contributed by atoms with Crippen LogP contribution in [-0.2, 0) is 10.0 Å². The highest BCUT2D eigenvalue weighted by atomic mass is 35.5. The summed E-state index contributed by atoms with van der Waals surface area (Å²) in [7, 11) is -1.99. The molecule has 34 heavy (non-hydrogen) atoms. The van der Waals surface area contributed by atoms with Gasteiger partial charge in [-0.3, -0.25) is 4.98 Å². The minimum Gasteiger partial charge on any atom is -0.495 e. The number of anilines is 2. The van der Waals surface area contributed by atoms with Crippen molar-refractivity contribution in [2.24, 2.45) is 0 Å². The predicted octanol–water partition coefficient (Wildman–Crippen LogP) is 2.93. The Kier molecular flexibility index (Phi) is 6.94. The van der Waals surface area contributed by atoms with E-state index in [4.69, 9.17) is 16.3 Å². The summed E-state index contributed by atoms with van der Waals surface area (Å²) in [6.07, 6.45) is 4.77. The molecule has 1 aliphatic rings. The van der Waals surface area contributed by atoms with Gasteiger partial charge in [0.15, 0.2) is 0 Å². The summed E-state index contributed by atoms with van der Waals surface area (Å²) in [6, 6.07) is 11.6. The molecule has 2 aromatic heterocycles. The first-order valence-electron chi connectivity index (χ1n) is 10.6. The molecule has 0 aliphatic carbocycles. The van der Waals surface area contributed by atoms with Gasteiger partial charge in [0.2, 0.25) is 0 Å². The minimum absolute atomic E-state index is 0.210. The fourth-order valence-electron chi connectivity index (χ4n) is 4.00. The van der Waals surface area contributed by atoms with Gasteiger partial charge in [-0.2, -0.15) is 5.10 Å². The first kappa shape index (κ1) is 23.8. The number of amides is 2. The van der Waals surface area contributed by atoms with Gasteiger partial charge in [0.1, 0.15) is 11.6 Å². The number of nitrogens with zero attached hydrogens (tertiary/aromatic N) is 4. The van der Waals surface area contributed by atoms with Gasteiger partial charge in [0, 0.05) is 47.5 Å². The van der Waals surface area contributed by atoms with Crippen LogP contribution in [-0.4, -0.2) is 61.1 Å². The molecule has 2 unspecified atom stereocenters. The summed E-state index contributed by atoms with van der Waals surface area (Å²) in [5, 5.41) is 10.4. The highest BCUT2D eigenvalue weighted by molar-refractivity contribution is 7.89. The summed E-state index contributed by atoms with van der Waals surface area (Å²) < 4.78 is 30.6. The molecule has 3 heterocycles. The number of hydrogen-bond donors (Lipinski definition) is 2. The molecule has 0 radical (unpaired) electrons. The number of carbonyl (C=O) groups excluding carboxylic acids is 1. The van der Waals surface area contributed by atoms with E-state index in [0.29, 0.717) is 41.8 Å². The van der Waals surface area contributed by atoms with E-state index in [9.17, 15) is 13.2 Å². The summed E-state index contributed by atoms with van der Waals surface area (Å²) in [6.45, 7) is 0.964. The maximum absolute atomic E-state index is 12.7. The topological polar surface area (TPSA) is 118 Å². The Morgan fingerprint density at radius 2 is 1.94 bits per heavy atom. The van der Waals surface area contributed by atoms with Gasteiger partial charge < -0.3 is 20.3 Å². The van der Waals surface area contributed by atoms with Crippen LogP contribution in [0.5, 0.6) is 5.75 Å². The van der Waals surface area contributed by atoms with E-state index < -0.39 is 10.0 Å². The fraction of sp³-hybridized carbons (Fsp3) is 0.318. The van der Waals surface area contributed by atoms with Crippen LogP contribution in [0.4, 0.5) is 16.3 Å². The maximum atomic E-state index is 12.7. The standard InChI is InChI=1S/C22H25ClN6O4S/c1-33-17-7-8-19(24-13-17)18-14-28(21-9-11-25-29(21)34(2,31)32)12-10-20(18)27-22(30)26-16-5-3-15(23)4-6-16/h3-9,11,13,18,20H,10,12,14H2,1-2H3,(H2,26,27,30). The average molecular weight is 505 g/mol. The molecule has 1 fully saturated rings. The third-order valence-corrected chi connectivity index (χ3v) is 6.80. The van der Waals surface area contributed by atoms with Crippen molar-refractivity contribution >= 4 is 39.2 Å². The molecule has 2 N–H and O–H groups in total. The van der Waals surface area contributed by atoms with Gasteiger partial charge in [0.05, 0.1) is 25.8 Å². The normalized spacial score (nSPS) is 18.4. The van der Waals surface area contributed by atoms with Gasteiger partial charge in [-0.05, 0) is 42.8 Å². The predicted molar refractivity (Wildman–Crippen MR) is 130 cm³/mol. The van der Waals surface area contributed by atoms with Crippen molar-refractivity contribution in [2.45, 2.75) is 18.4 Å². The Morgan fingerprint density at radius 3 is 2.59 bits per heavy atom. The SMILES string of the molecule is COc1ccc(C2CN(c3ccnn3S(C)(=O)=O)CCC2NC(=O)Nc2ccc(Cl)cc2)nc1. The van der Waals surface area contributed by atoms with E-state index in [0.717, 1.165) is 16.0 Å². The van der Waals surface area contributed by atoms with Crippen LogP contribution in [0.2, 0.25) is 5.02 Å². The monoisotopic (exact) mass is 504 g/mol. The summed E-state index contributed by atoms with van der Waals surface area (Å²) in [5.74, 6) is 0.889. The van der Waals surface area contributed by atoms with Gasteiger partial charge >= 0.3 is 6.03 Å². The molecule has 2 amide bonds. The highest BCUT2D eigenvalue weighted by Crippen LogP contribution is 2.30. The zero-order valence-electron chi connectivity index (χ0n) is 18.7. The summed E-state index contributed by atoms with van der Waals surface area (Å²) in [5.41, 5.74) is 1.38. The molecule has 1 aromatic carbocycles. The molecule has 12 heteroatoms. The van der Waals surface area contributed by atoms with Crippen molar-refractivity contribution in [3.63, 3.8) is 0 Å². The van der Waals surface area contributed by atoms with Gasteiger partial charge in [-0.25, -0.2) is 13.2 Å². The third-order valence-electron chi connectivity index (χ3n) is 5.64. The van der Waals surface area contributed by atoms with Gasteiger partial charge in [-0.15, -0.1) is 4.09 Å². The van der Waals surface area contributed by atoms with Crippen molar-refractivity contribution in [2.75, 3.05) is 36.7 Å². The van der Waals surface area contributed by atoms with Crippen LogP contribution < -0.4 is 20.3 Å². The van der Waals surface area contributed by atoms with Crippen molar-refractivity contribution in [1.82, 2.24) is 19.5 Å². The highest BCUT2D eigenvalue weighted by Gasteiger charge is 2.34. The third kappa shape index (κ3) is 5.42. The van der Waals surface area contributed by atoms with Crippen LogP contribution in [0.3, 0.4) is 0 Å².